The number of nitrogens with zero attached hydrogens (tertiary/aromatic N) is 1. The van der Waals surface area contributed by atoms with Crippen LogP contribution in [-0.2, 0) is 4.79 Å². The Morgan fingerprint density at radius 3 is 2.55 bits per heavy atom. The number of piperidine rings is 1. The molecule has 5 nitrogen and oxygen atoms in total. The van der Waals surface area contributed by atoms with Crippen LogP contribution in [0.4, 0.5) is 4.79 Å². The van der Waals surface area contributed by atoms with Gasteiger partial charge in [-0.05, 0) is 39.0 Å². The van der Waals surface area contributed by atoms with Crippen molar-refractivity contribution in [3.8, 4) is 0 Å². The van der Waals surface area contributed by atoms with E-state index in [9.17, 15) is 14.7 Å². The van der Waals surface area contributed by atoms with Gasteiger partial charge in [-0.3, -0.25) is 0 Å². The molecular weight excluding hydrogens is 256 g/mol. The summed E-state index contributed by atoms with van der Waals surface area (Å²) >= 11 is 0. The van der Waals surface area contributed by atoms with Crippen LogP contribution >= 0.6 is 0 Å². The first kappa shape index (κ1) is 16.8. The van der Waals surface area contributed by atoms with E-state index in [4.69, 9.17) is 0 Å². The van der Waals surface area contributed by atoms with Crippen LogP contribution in [0.25, 0.3) is 0 Å². The molecule has 0 aliphatic carbocycles. The number of carboxylic acids is 1. The van der Waals surface area contributed by atoms with E-state index in [0.29, 0.717) is 6.42 Å². The van der Waals surface area contributed by atoms with Crippen molar-refractivity contribution in [3.63, 3.8) is 0 Å². The van der Waals surface area contributed by atoms with Crippen LogP contribution < -0.4 is 5.32 Å². The predicted molar refractivity (Wildman–Crippen MR) is 78.7 cm³/mol. The van der Waals surface area contributed by atoms with Gasteiger partial charge >= 0.3 is 12.0 Å². The summed E-state index contributed by atoms with van der Waals surface area (Å²) in [6.07, 6.45) is 6.38. The quantitative estimate of drug-likeness (QED) is 0.787. The SMILES string of the molecule is CCCC1CCCCN1C(=O)NC(C)(CCC)C(=O)O. The van der Waals surface area contributed by atoms with Crippen molar-refractivity contribution >= 4 is 12.0 Å². The Bertz CT molecular complexity index is 344. The molecule has 0 bridgehead atoms. The number of rotatable bonds is 6. The van der Waals surface area contributed by atoms with Gasteiger partial charge in [0.1, 0.15) is 5.54 Å². The summed E-state index contributed by atoms with van der Waals surface area (Å²) in [5, 5.41) is 12.1. The first-order valence-electron chi connectivity index (χ1n) is 7.76. The molecule has 1 rings (SSSR count). The molecule has 0 spiro atoms. The number of hydrogen-bond donors (Lipinski definition) is 2. The zero-order valence-corrected chi connectivity index (χ0v) is 12.9. The van der Waals surface area contributed by atoms with E-state index in [2.05, 4.69) is 12.2 Å². The van der Waals surface area contributed by atoms with Gasteiger partial charge in [-0.25, -0.2) is 9.59 Å². The molecule has 0 radical (unpaired) electrons. The molecule has 1 heterocycles. The zero-order chi connectivity index (χ0) is 15.2. The average molecular weight is 284 g/mol. The highest BCUT2D eigenvalue weighted by Gasteiger charge is 2.36. The molecule has 2 unspecified atom stereocenters. The van der Waals surface area contributed by atoms with Crippen LogP contribution in [0.2, 0.25) is 0 Å². The highest BCUT2D eigenvalue weighted by molar-refractivity contribution is 5.86. The van der Waals surface area contributed by atoms with E-state index in [1.807, 2.05) is 11.8 Å². The van der Waals surface area contributed by atoms with Gasteiger partial charge in [0.15, 0.2) is 0 Å². The van der Waals surface area contributed by atoms with Crippen LogP contribution in [-0.4, -0.2) is 40.1 Å². The maximum absolute atomic E-state index is 12.4. The van der Waals surface area contributed by atoms with Gasteiger partial charge in [0.2, 0.25) is 0 Å². The number of urea groups is 1. The third-order valence-electron chi connectivity index (χ3n) is 4.11. The Balaban J connectivity index is 2.73. The summed E-state index contributed by atoms with van der Waals surface area (Å²) in [7, 11) is 0. The summed E-state index contributed by atoms with van der Waals surface area (Å²) in [5.74, 6) is -0.961. The van der Waals surface area contributed by atoms with Crippen molar-refractivity contribution in [1.29, 1.82) is 0 Å². The average Bonchev–Trinajstić information content (AvgIpc) is 2.39. The van der Waals surface area contributed by atoms with E-state index in [0.717, 1.165) is 45.1 Å². The summed E-state index contributed by atoms with van der Waals surface area (Å²) in [5.41, 5.74) is -1.17. The monoisotopic (exact) mass is 284 g/mol. The maximum Gasteiger partial charge on any atom is 0.329 e. The predicted octanol–water partition coefficient (Wildman–Crippen LogP) is 2.99. The third kappa shape index (κ3) is 4.12. The van der Waals surface area contributed by atoms with Crippen molar-refractivity contribution in [2.45, 2.75) is 77.3 Å². The van der Waals surface area contributed by atoms with E-state index >= 15 is 0 Å². The fourth-order valence-electron chi connectivity index (χ4n) is 2.93. The number of carbonyl (C=O) groups excluding carboxylic acids is 1. The molecule has 0 saturated carbocycles. The lowest BCUT2D eigenvalue weighted by atomic mass is 9.95. The molecule has 116 valence electrons. The Hall–Kier alpha value is -1.26. The van der Waals surface area contributed by atoms with Crippen molar-refractivity contribution in [3.05, 3.63) is 0 Å². The topological polar surface area (TPSA) is 69.6 Å². The van der Waals surface area contributed by atoms with Crippen LogP contribution in [0.1, 0.15) is 65.7 Å². The second-order valence-corrected chi connectivity index (χ2v) is 5.95. The van der Waals surface area contributed by atoms with Gasteiger partial charge in [-0.2, -0.15) is 0 Å². The molecule has 5 heteroatoms. The third-order valence-corrected chi connectivity index (χ3v) is 4.11. The van der Waals surface area contributed by atoms with E-state index in [1.54, 1.807) is 6.92 Å². The van der Waals surface area contributed by atoms with Crippen LogP contribution in [0, 0.1) is 0 Å². The molecule has 20 heavy (non-hydrogen) atoms. The standard InChI is InChI=1S/C15H28N2O3/c1-4-8-12-9-6-7-11-17(12)14(20)16-15(3,10-5-2)13(18)19/h12H,4-11H2,1-3H3,(H,16,20)(H,18,19). The van der Waals surface area contributed by atoms with Gasteiger partial charge in [0.05, 0.1) is 0 Å². The van der Waals surface area contributed by atoms with Crippen LogP contribution in [0.3, 0.4) is 0 Å². The number of aliphatic carboxylic acids is 1. The van der Waals surface area contributed by atoms with Crippen molar-refractivity contribution < 1.29 is 14.7 Å². The lowest BCUT2D eigenvalue weighted by molar-refractivity contribution is -0.144. The van der Waals surface area contributed by atoms with Crippen LogP contribution in [0.5, 0.6) is 0 Å². The molecule has 0 aromatic rings. The summed E-state index contributed by atoms with van der Waals surface area (Å²) in [4.78, 5) is 25.7. The largest absolute Gasteiger partial charge is 0.480 e. The zero-order valence-electron chi connectivity index (χ0n) is 12.9. The van der Waals surface area contributed by atoms with Crippen molar-refractivity contribution in [1.82, 2.24) is 10.2 Å². The maximum atomic E-state index is 12.4. The van der Waals surface area contributed by atoms with Gasteiger partial charge in [-0.15, -0.1) is 0 Å². The van der Waals surface area contributed by atoms with Gasteiger partial charge in [0.25, 0.3) is 0 Å². The van der Waals surface area contributed by atoms with Gasteiger partial charge < -0.3 is 15.3 Å². The van der Waals surface area contributed by atoms with Crippen molar-refractivity contribution in [2.75, 3.05) is 6.54 Å². The minimum Gasteiger partial charge on any atom is -0.480 e. The van der Waals surface area contributed by atoms with Gasteiger partial charge in [0, 0.05) is 12.6 Å². The second-order valence-electron chi connectivity index (χ2n) is 5.95. The van der Waals surface area contributed by atoms with E-state index in [1.165, 1.54) is 0 Å². The Morgan fingerprint density at radius 1 is 1.30 bits per heavy atom. The van der Waals surface area contributed by atoms with E-state index in [-0.39, 0.29) is 12.1 Å². The lowest BCUT2D eigenvalue weighted by Gasteiger charge is -2.38. The Kier molecular flexibility index (Phi) is 6.30. The Morgan fingerprint density at radius 2 is 2.00 bits per heavy atom. The lowest BCUT2D eigenvalue weighted by Crippen LogP contribution is -2.58. The normalized spacial score (nSPS) is 22.1. The number of carbonyl (C=O) groups is 2. The molecule has 1 fully saturated rings. The minimum absolute atomic E-state index is 0.221. The minimum atomic E-state index is -1.17. The number of carboxylic acid groups (broad SMARTS) is 1. The fourth-order valence-corrected chi connectivity index (χ4v) is 2.93. The highest BCUT2D eigenvalue weighted by Crippen LogP contribution is 2.22. The van der Waals surface area contributed by atoms with Gasteiger partial charge in [-0.1, -0.05) is 26.7 Å². The van der Waals surface area contributed by atoms with Crippen LogP contribution in [0.15, 0.2) is 0 Å². The smallest absolute Gasteiger partial charge is 0.329 e. The number of amides is 2. The number of nitrogens with one attached hydrogen (secondary N) is 1. The summed E-state index contributed by atoms with van der Waals surface area (Å²) in [6, 6.07) is 0.0370. The molecule has 1 aliphatic heterocycles. The first-order chi connectivity index (χ1) is 9.44. The molecule has 0 aromatic heterocycles. The first-order valence-corrected chi connectivity index (χ1v) is 7.76. The number of hydrogen-bond acceptors (Lipinski definition) is 2. The highest BCUT2D eigenvalue weighted by atomic mass is 16.4. The molecule has 1 aliphatic rings. The molecule has 0 aromatic carbocycles. The molecular formula is C15H28N2O3. The second kappa shape index (κ2) is 7.50. The fraction of sp³-hybridized carbons (Fsp3) is 0.867. The summed E-state index contributed by atoms with van der Waals surface area (Å²) < 4.78 is 0. The molecule has 2 atom stereocenters. The molecule has 2 amide bonds. The van der Waals surface area contributed by atoms with Crippen molar-refractivity contribution in [2.24, 2.45) is 0 Å². The molecule has 2 N–H and O–H groups in total. The molecule has 1 saturated heterocycles. The summed E-state index contributed by atoms with van der Waals surface area (Å²) in [6.45, 7) is 6.37. The number of likely N-dealkylation sites (tertiary alicyclic amines) is 1. The van der Waals surface area contributed by atoms with E-state index < -0.39 is 11.5 Å². The Labute approximate surface area is 121 Å².